The molecule has 31 heavy (non-hydrogen) atoms. The standard InChI is InChI=1S/C23H24N4O3S/c1-2-30-17-12-10-16(11-13-17)24-21(28)14-20-22(29)25-23(31-20)27-26-19-9-5-7-15-6-3-4-8-18(15)19/h3-4,6,8,10-13,20H,2,5,7,9,14H2,1H3,(H,24,28)(H,25,27,29)/b26-19+. The van der Waals surface area contributed by atoms with Crippen LogP contribution >= 0.6 is 11.8 Å². The van der Waals surface area contributed by atoms with Crippen molar-refractivity contribution in [2.45, 2.75) is 37.9 Å². The normalized spacial score (nSPS) is 20.4. The van der Waals surface area contributed by atoms with E-state index >= 15 is 0 Å². The molecule has 0 saturated carbocycles. The first kappa shape index (κ1) is 21.1. The Balaban J connectivity index is 1.35. The van der Waals surface area contributed by atoms with Crippen LogP contribution in [-0.2, 0) is 16.0 Å². The first-order chi connectivity index (χ1) is 15.1. The molecule has 1 aliphatic carbocycles. The molecule has 1 aliphatic heterocycles. The second kappa shape index (κ2) is 9.78. The molecule has 1 saturated heterocycles. The summed E-state index contributed by atoms with van der Waals surface area (Å²) in [4.78, 5) is 24.7. The average molecular weight is 437 g/mol. The Hall–Kier alpha value is -3.13. The molecule has 2 aromatic rings. The van der Waals surface area contributed by atoms with Crippen LogP contribution in [0.4, 0.5) is 5.69 Å². The van der Waals surface area contributed by atoms with Crippen LogP contribution in [-0.4, -0.2) is 34.6 Å². The molecule has 8 heteroatoms. The second-order valence-electron chi connectivity index (χ2n) is 7.27. The lowest BCUT2D eigenvalue weighted by molar-refractivity contribution is -0.122. The quantitative estimate of drug-likeness (QED) is 0.675. The topological polar surface area (TPSA) is 92.2 Å². The molecule has 7 nitrogen and oxygen atoms in total. The van der Waals surface area contributed by atoms with Crippen LogP contribution in [0.15, 0.2) is 58.7 Å². The summed E-state index contributed by atoms with van der Waals surface area (Å²) in [6.07, 6.45) is 3.00. The van der Waals surface area contributed by atoms with E-state index in [4.69, 9.17) is 4.74 Å². The van der Waals surface area contributed by atoms with Crippen molar-refractivity contribution in [1.29, 1.82) is 0 Å². The molecule has 2 amide bonds. The number of nitrogens with zero attached hydrogens (tertiary/aromatic N) is 2. The van der Waals surface area contributed by atoms with Crippen LogP contribution in [0.2, 0.25) is 0 Å². The highest BCUT2D eigenvalue weighted by Crippen LogP contribution is 2.25. The molecule has 0 aromatic heterocycles. The van der Waals surface area contributed by atoms with Crippen molar-refractivity contribution in [3.8, 4) is 5.75 Å². The number of ether oxygens (including phenoxy) is 1. The number of fused-ring (bicyclic) bond motifs is 1. The van der Waals surface area contributed by atoms with E-state index in [2.05, 4.69) is 33.0 Å². The molecule has 0 bridgehead atoms. The van der Waals surface area contributed by atoms with E-state index in [1.807, 2.05) is 19.1 Å². The molecule has 1 atom stereocenters. The third-order valence-electron chi connectivity index (χ3n) is 5.05. The van der Waals surface area contributed by atoms with Gasteiger partial charge in [0, 0.05) is 17.7 Å². The lowest BCUT2D eigenvalue weighted by Crippen LogP contribution is -2.28. The van der Waals surface area contributed by atoms with Gasteiger partial charge in [-0.3, -0.25) is 9.59 Å². The van der Waals surface area contributed by atoms with Crippen molar-refractivity contribution in [3.63, 3.8) is 0 Å². The highest BCUT2D eigenvalue weighted by Gasteiger charge is 2.32. The van der Waals surface area contributed by atoms with E-state index in [-0.39, 0.29) is 18.2 Å². The molecule has 0 radical (unpaired) electrons. The predicted molar refractivity (Wildman–Crippen MR) is 124 cm³/mol. The fourth-order valence-corrected chi connectivity index (χ4v) is 4.50. The van der Waals surface area contributed by atoms with Crippen LogP contribution in [0.25, 0.3) is 0 Å². The van der Waals surface area contributed by atoms with Crippen molar-refractivity contribution in [2.24, 2.45) is 10.2 Å². The summed E-state index contributed by atoms with van der Waals surface area (Å²) < 4.78 is 5.39. The third kappa shape index (κ3) is 5.32. The van der Waals surface area contributed by atoms with E-state index in [0.29, 0.717) is 17.5 Å². The van der Waals surface area contributed by atoms with Crippen molar-refractivity contribution < 1.29 is 14.3 Å². The zero-order valence-electron chi connectivity index (χ0n) is 17.3. The number of carbonyl (C=O) groups excluding carboxylic acids is 2. The smallest absolute Gasteiger partial charge is 0.240 e. The Morgan fingerprint density at radius 1 is 1.16 bits per heavy atom. The second-order valence-corrected chi connectivity index (χ2v) is 8.46. The highest BCUT2D eigenvalue weighted by atomic mass is 32.2. The van der Waals surface area contributed by atoms with Gasteiger partial charge in [0.05, 0.1) is 12.3 Å². The number of benzene rings is 2. The number of carbonyl (C=O) groups is 2. The van der Waals surface area contributed by atoms with Crippen molar-refractivity contribution >= 4 is 40.1 Å². The van der Waals surface area contributed by atoms with E-state index < -0.39 is 5.25 Å². The molecular weight excluding hydrogens is 412 g/mol. The number of hydrogen-bond acceptors (Lipinski definition) is 6. The van der Waals surface area contributed by atoms with Gasteiger partial charge in [0.1, 0.15) is 11.0 Å². The van der Waals surface area contributed by atoms with Crippen LogP contribution in [0.5, 0.6) is 5.75 Å². The number of amidine groups is 1. The van der Waals surface area contributed by atoms with Gasteiger partial charge in [-0.05, 0) is 56.0 Å². The van der Waals surface area contributed by atoms with Crippen molar-refractivity contribution in [1.82, 2.24) is 5.32 Å². The Bertz CT molecular complexity index is 1030. The Morgan fingerprint density at radius 3 is 2.77 bits per heavy atom. The molecule has 4 rings (SSSR count). The molecule has 1 unspecified atom stereocenters. The van der Waals surface area contributed by atoms with E-state index in [0.717, 1.165) is 36.3 Å². The van der Waals surface area contributed by atoms with E-state index in [1.165, 1.54) is 17.3 Å². The highest BCUT2D eigenvalue weighted by molar-refractivity contribution is 8.15. The van der Waals surface area contributed by atoms with E-state index in [9.17, 15) is 9.59 Å². The maximum atomic E-state index is 12.4. The number of aryl methyl sites for hydroxylation is 1. The van der Waals surface area contributed by atoms with Gasteiger partial charge in [-0.25, -0.2) is 0 Å². The Labute approximate surface area is 185 Å². The molecule has 1 fully saturated rings. The number of rotatable bonds is 6. The molecule has 0 spiro atoms. The molecular formula is C23H24N4O3S. The number of nitrogens with one attached hydrogen (secondary N) is 2. The SMILES string of the molecule is CCOc1ccc(NC(=O)CC2S/C(=N\N=C3/CCCc4ccccc43)NC2=O)cc1. The summed E-state index contributed by atoms with van der Waals surface area (Å²) in [5, 5.41) is 14.1. The van der Waals surface area contributed by atoms with Crippen molar-refractivity contribution in [2.75, 3.05) is 11.9 Å². The van der Waals surface area contributed by atoms with Gasteiger partial charge in [0.15, 0.2) is 5.17 Å². The van der Waals surface area contributed by atoms with E-state index in [1.54, 1.807) is 24.3 Å². The molecule has 160 valence electrons. The van der Waals surface area contributed by atoms with Gasteiger partial charge in [-0.2, -0.15) is 5.10 Å². The average Bonchev–Trinajstić information content (AvgIpc) is 3.12. The van der Waals surface area contributed by atoms with Crippen LogP contribution in [0.3, 0.4) is 0 Å². The largest absolute Gasteiger partial charge is 0.494 e. The molecule has 2 aliphatic rings. The van der Waals surface area contributed by atoms with Gasteiger partial charge in [0.2, 0.25) is 11.8 Å². The maximum Gasteiger partial charge on any atom is 0.240 e. The minimum absolute atomic E-state index is 0.0577. The molecule has 2 aromatic carbocycles. The fourth-order valence-electron chi connectivity index (χ4n) is 3.58. The van der Waals surface area contributed by atoms with Gasteiger partial charge >= 0.3 is 0 Å². The van der Waals surface area contributed by atoms with Crippen molar-refractivity contribution in [3.05, 3.63) is 59.7 Å². The van der Waals surface area contributed by atoms with Crippen LogP contribution in [0.1, 0.15) is 37.3 Å². The number of anilines is 1. The number of hydrogen-bond donors (Lipinski definition) is 2. The monoisotopic (exact) mass is 436 g/mol. The summed E-state index contributed by atoms with van der Waals surface area (Å²) in [7, 11) is 0. The maximum absolute atomic E-state index is 12.4. The summed E-state index contributed by atoms with van der Waals surface area (Å²) in [5.74, 6) is 0.287. The lowest BCUT2D eigenvalue weighted by atomic mass is 9.90. The van der Waals surface area contributed by atoms with Gasteiger partial charge in [0.25, 0.3) is 0 Å². The van der Waals surface area contributed by atoms with Gasteiger partial charge in [-0.1, -0.05) is 36.0 Å². The first-order valence-electron chi connectivity index (χ1n) is 10.4. The minimum atomic E-state index is -0.528. The summed E-state index contributed by atoms with van der Waals surface area (Å²) in [5.41, 5.74) is 3.99. The van der Waals surface area contributed by atoms with Crippen LogP contribution < -0.4 is 15.4 Å². The van der Waals surface area contributed by atoms with Gasteiger partial charge in [-0.15, -0.1) is 5.10 Å². The summed E-state index contributed by atoms with van der Waals surface area (Å²) in [6.45, 7) is 2.50. The Kier molecular flexibility index (Phi) is 6.66. The number of amides is 2. The predicted octanol–water partition coefficient (Wildman–Crippen LogP) is 3.74. The third-order valence-corrected chi connectivity index (χ3v) is 6.12. The number of thioether (sulfide) groups is 1. The first-order valence-corrected chi connectivity index (χ1v) is 11.2. The van der Waals surface area contributed by atoms with Gasteiger partial charge < -0.3 is 15.4 Å². The summed E-state index contributed by atoms with van der Waals surface area (Å²) >= 11 is 1.24. The zero-order chi connectivity index (χ0) is 21.6. The Morgan fingerprint density at radius 2 is 1.97 bits per heavy atom. The summed E-state index contributed by atoms with van der Waals surface area (Å²) in [6, 6.07) is 15.3. The molecule has 1 heterocycles. The zero-order valence-corrected chi connectivity index (χ0v) is 18.1. The lowest BCUT2D eigenvalue weighted by Gasteiger charge is -2.16. The minimum Gasteiger partial charge on any atom is -0.494 e. The molecule has 2 N–H and O–H groups in total. The fraction of sp³-hybridized carbons (Fsp3) is 0.304. The van der Waals surface area contributed by atoms with Crippen LogP contribution in [0, 0.1) is 0 Å².